The van der Waals surface area contributed by atoms with Crippen LogP contribution in [-0.4, -0.2) is 39.3 Å². The van der Waals surface area contributed by atoms with Crippen LogP contribution >= 0.6 is 11.6 Å². The molecule has 3 atom stereocenters. The lowest BCUT2D eigenvalue weighted by molar-refractivity contribution is 0.0889. The minimum absolute atomic E-state index is 0.0473. The predicted molar refractivity (Wildman–Crippen MR) is 125 cm³/mol. The number of benzene rings is 2. The van der Waals surface area contributed by atoms with Crippen LogP contribution in [0, 0.1) is 5.92 Å². The van der Waals surface area contributed by atoms with E-state index in [2.05, 4.69) is 10.6 Å². The smallest absolute Gasteiger partial charge is 0.255 e. The number of hydrogen-bond acceptors (Lipinski definition) is 5. The molecule has 2 fully saturated rings. The molecule has 6 nitrogen and oxygen atoms in total. The summed E-state index contributed by atoms with van der Waals surface area (Å²) in [5, 5.41) is 6.96. The van der Waals surface area contributed by atoms with Crippen LogP contribution in [0.4, 0.5) is 0 Å². The highest BCUT2D eigenvalue weighted by Crippen LogP contribution is 2.45. The average molecular weight is 477 g/mol. The summed E-state index contributed by atoms with van der Waals surface area (Å²) < 4.78 is 30.4. The topological polar surface area (TPSA) is 84.5 Å². The number of halogens is 1. The van der Waals surface area contributed by atoms with Crippen molar-refractivity contribution >= 4 is 27.3 Å². The van der Waals surface area contributed by atoms with Crippen molar-refractivity contribution in [2.75, 3.05) is 19.4 Å². The molecule has 1 aliphatic heterocycles. The van der Waals surface area contributed by atoms with Crippen LogP contribution in [0.25, 0.3) is 0 Å². The highest BCUT2D eigenvalue weighted by atomic mass is 35.5. The number of rotatable bonds is 7. The van der Waals surface area contributed by atoms with Crippen LogP contribution in [0.5, 0.6) is 5.75 Å². The van der Waals surface area contributed by atoms with Crippen molar-refractivity contribution < 1.29 is 17.9 Å². The van der Waals surface area contributed by atoms with Crippen LogP contribution in [0.2, 0.25) is 5.02 Å². The number of amides is 1. The first-order chi connectivity index (χ1) is 15.3. The molecule has 3 unspecified atom stereocenters. The van der Waals surface area contributed by atoms with E-state index in [1.54, 1.807) is 6.92 Å². The standard InChI is InChI=1S/C24H29ClN2O4S/c1-3-32(29,30)21-12-18(20(31-2)13-19(21)25)23(28)27-22(17-9-5-4-6-10-17)24-11-7-8-16(14-24)15-26-24/h4-6,9-10,12-13,16,22,26H,3,7-8,11,14-15H2,1-2H3,(H,27,28). The molecule has 2 bridgehead atoms. The van der Waals surface area contributed by atoms with Gasteiger partial charge in [-0.15, -0.1) is 0 Å². The zero-order valence-electron chi connectivity index (χ0n) is 18.4. The summed E-state index contributed by atoms with van der Waals surface area (Å²) >= 11 is 6.22. The molecule has 1 aliphatic carbocycles. The van der Waals surface area contributed by atoms with E-state index in [0.717, 1.165) is 31.4 Å². The van der Waals surface area contributed by atoms with Crippen molar-refractivity contribution in [3.63, 3.8) is 0 Å². The van der Waals surface area contributed by atoms with Gasteiger partial charge in [0.15, 0.2) is 9.84 Å². The Bertz CT molecular complexity index is 1100. The Kier molecular flexibility index (Phi) is 6.52. The zero-order valence-corrected chi connectivity index (χ0v) is 19.9. The zero-order chi connectivity index (χ0) is 22.9. The molecule has 1 amide bonds. The lowest BCUT2D eigenvalue weighted by atomic mass is 9.73. The average Bonchev–Trinajstić information content (AvgIpc) is 3.11. The summed E-state index contributed by atoms with van der Waals surface area (Å²) in [5.74, 6) is 0.359. The van der Waals surface area contributed by atoms with Crippen LogP contribution < -0.4 is 15.4 Å². The molecule has 0 aromatic heterocycles. The summed E-state index contributed by atoms with van der Waals surface area (Å²) in [6, 6.07) is 12.4. The highest BCUT2D eigenvalue weighted by molar-refractivity contribution is 7.91. The maximum Gasteiger partial charge on any atom is 0.255 e. The summed E-state index contributed by atoms with van der Waals surface area (Å²) in [6.07, 6.45) is 4.28. The van der Waals surface area contributed by atoms with Crippen molar-refractivity contribution in [3.8, 4) is 5.75 Å². The maximum absolute atomic E-state index is 13.5. The first kappa shape index (κ1) is 23.1. The maximum atomic E-state index is 13.5. The number of carbonyl (C=O) groups excluding carboxylic acids is 1. The number of carbonyl (C=O) groups is 1. The van der Waals surface area contributed by atoms with Gasteiger partial charge in [0.2, 0.25) is 0 Å². The molecule has 2 aromatic rings. The van der Waals surface area contributed by atoms with Gasteiger partial charge in [0.25, 0.3) is 5.91 Å². The first-order valence-electron chi connectivity index (χ1n) is 11.0. The van der Waals surface area contributed by atoms with Gasteiger partial charge in [-0.1, -0.05) is 55.3 Å². The third-order valence-electron chi connectivity index (χ3n) is 6.81. The van der Waals surface area contributed by atoms with Gasteiger partial charge < -0.3 is 15.4 Å². The number of fused-ring (bicyclic) bond motifs is 2. The van der Waals surface area contributed by atoms with Gasteiger partial charge in [-0.05, 0) is 43.4 Å². The van der Waals surface area contributed by atoms with Gasteiger partial charge in [0, 0.05) is 11.6 Å². The van der Waals surface area contributed by atoms with Gasteiger partial charge in [-0.2, -0.15) is 0 Å². The van der Waals surface area contributed by atoms with E-state index in [0.29, 0.717) is 5.92 Å². The lowest BCUT2D eigenvalue weighted by Gasteiger charge is -2.41. The number of hydrogen-bond donors (Lipinski definition) is 2. The van der Waals surface area contributed by atoms with Crippen molar-refractivity contribution in [2.24, 2.45) is 5.92 Å². The van der Waals surface area contributed by atoms with E-state index in [9.17, 15) is 13.2 Å². The van der Waals surface area contributed by atoms with E-state index in [1.807, 2.05) is 30.3 Å². The minimum Gasteiger partial charge on any atom is -0.496 e. The highest BCUT2D eigenvalue weighted by Gasteiger charge is 2.48. The molecule has 0 radical (unpaired) electrons. The van der Waals surface area contributed by atoms with Gasteiger partial charge in [0.1, 0.15) is 5.75 Å². The molecule has 4 rings (SSSR count). The molecule has 2 aromatic carbocycles. The monoisotopic (exact) mass is 476 g/mol. The quantitative estimate of drug-likeness (QED) is 0.627. The van der Waals surface area contributed by atoms with Crippen LogP contribution in [0.1, 0.15) is 54.6 Å². The van der Waals surface area contributed by atoms with Crippen LogP contribution in [-0.2, 0) is 9.84 Å². The lowest BCUT2D eigenvalue weighted by Crippen LogP contribution is -2.52. The predicted octanol–water partition coefficient (Wildman–Crippen LogP) is 4.15. The normalized spacial score (nSPS) is 23.5. The molecule has 1 heterocycles. The van der Waals surface area contributed by atoms with E-state index in [1.165, 1.54) is 25.7 Å². The second-order valence-corrected chi connectivity index (χ2v) is 11.4. The molecule has 2 N–H and O–H groups in total. The van der Waals surface area contributed by atoms with Crippen molar-refractivity contribution in [2.45, 2.75) is 49.1 Å². The molecule has 172 valence electrons. The Labute approximate surface area is 194 Å². The Morgan fingerprint density at radius 2 is 2.06 bits per heavy atom. The number of methoxy groups -OCH3 is 1. The van der Waals surface area contributed by atoms with Gasteiger partial charge >= 0.3 is 0 Å². The molecular formula is C24H29ClN2O4S. The molecule has 0 spiro atoms. The van der Waals surface area contributed by atoms with E-state index in [-0.39, 0.29) is 44.5 Å². The second-order valence-electron chi connectivity index (χ2n) is 8.70. The molecule has 32 heavy (non-hydrogen) atoms. The van der Waals surface area contributed by atoms with Crippen LogP contribution in [0.3, 0.4) is 0 Å². The number of nitrogens with one attached hydrogen (secondary N) is 2. The molecule has 2 aliphatic rings. The molecule has 1 saturated carbocycles. The van der Waals surface area contributed by atoms with Gasteiger partial charge in [-0.3, -0.25) is 4.79 Å². The largest absolute Gasteiger partial charge is 0.496 e. The Morgan fingerprint density at radius 1 is 1.31 bits per heavy atom. The fraction of sp³-hybridized carbons (Fsp3) is 0.458. The fourth-order valence-electron chi connectivity index (χ4n) is 5.14. The molecular weight excluding hydrogens is 448 g/mol. The van der Waals surface area contributed by atoms with Crippen molar-refractivity contribution in [1.82, 2.24) is 10.6 Å². The summed E-state index contributed by atoms with van der Waals surface area (Å²) in [6.45, 7) is 2.49. The number of sulfone groups is 1. The van der Waals surface area contributed by atoms with E-state index < -0.39 is 9.84 Å². The first-order valence-corrected chi connectivity index (χ1v) is 13.0. The van der Waals surface area contributed by atoms with Crippen molar-refractivity contribution in [1.29, 1.82) is 0 Å². The Hall–Kier alpha value is -2.09. The third-order valence-corrected chi connectivity index (χ3v) is 9.00. The van der Waals surface area contributed by atoms with Crippen LogP contribution in [0.15, 0.2) is 47.4 Å². The Morgan fingerprint density at radius 3 is 2.75 bits per heavy atom. The van der Waals surface area contributed by atoms with E-state index in [4.69, 9.17) is 16.3 Å². The second kappa shape index (κ2) is 9.04. The summed E-state index contributed by atoms with van der Waals surface area (Å²) in [7, 11) is -2.16. The summed E-state index contributed by atoms with van der Waals surface area (Å²) in [5.41, 5.74) is 0.953. The SMILES string of the molecule is CCS(=O)(=O)c1cc(C(=O)NC(c2ccccc2)C23CCCC(CN2)C3)c(OC)cc1Cl. The van der Waals surface area contributed by atoms with Gasteiger partial charge in [-0.25, -0.2) is 8.42 Å². The van der Waals surface area contributed by atoms with Gasteiger partial charge in [0.05, 0.1) is 34.4 Å². The van der Waals surface area contributed by atoms with E-state index >= 15 is 0 Å². The molecule has 1 saturated heterocycles. The molecule has 8 heteroatoms. The van der Waals surface area contributed by atoms with Crippen molar-refractivity contribution in [3.05, 3.63) is 58.6 Å². The third kappa shape index (κ3) is 4.26. The minimum atomic E-state index is -3.60. The number of ether oxygens (including phenoxy) is 1. The fourth-order valence-corrected chi connectivity index (χ4v) is 6.61. The summed E-state index contributed by atoms with van der Waals surface area (Å²) in [4.78, 5) is 13.5. The Balaban J connectivity index is 1.74.